The first-order chi connectivity index (χ1) is 6.57. The zero-order valence-corrected chi connectivity index (χ0v) is 12.3. The number of nitrogens with zero attached hydrogens (tertiary/aromatic N) is 1. The molecule has 2 N–H and O–H groups in total. The molecule has 4 heteroatoms. The molecule has 0 aliphatic heterocycles. The van der Waals surface area contributed by atoms with Crippen molar-refractivity contribution in [2.24, 2.45) is 16.6 Å². The van der Waals surface area contributed by atoms with Gasteiger partial charge in [0.15, 0.2) is 0 Å². The minimum atomic E-state index is 0. The van der Waals surface area contributed by atoms with Crippen LogP contribution >= 0.6 is 12.4 Å². The van der Waals surface area contributed by atoms with Gasteiger partial charge in [0, 0.05) is 20.0 Å². The van der Waals surface area contributed by atoms with E-state index in [1.54, 1.807) is 4.90 Å². The fourth-order valence-electron chi connectivity index (χ4n) is 1.38. The largest absolute Gasteiger partial charge is 0.345 e. The average molecular weight is 251 g/mol. The highest BCUT2D eigenvalue weighted by molar-refractivity contribution is 5.85. The first kappa shape index (κ1) is 18.1. The van der Waals surface area contributed by atoms with Gasteiger partial charge in [-0.15, -0.1) is 12.4 Å². The van der Waals surface area contributed by atoms with Crippen LogP contribution in [0.1, 0.15) is 41.0 Å². The highest BCUT2D eigenvalue weighted by Crippen LogP contribution is 2.21. The summed E-state index contributed by atoms with van der Waals surface area (Å²) in [5.74, 6) is 0.198. The molecule has 0 heterocycles. The molecule has 0 atom stereocenters. The Morgan fingerprint density at radius 3 is 1.94 bits per heavy atom. The molecule has 0 bridgehead atoms. The monoisotopic (exact) mass is 250 g/mol. The zero-order chi connectivity index (χ0) is 12.3. The minimum absolute atomic E-state index is 0. The van der Waals surface area contributed by atoms with Gasteiger partial charge in [-0.25, -0.2) is 0 Å². The van der Waals surface area contributed by atoms with Gasteiger partial charge >= 0.3 is 0 Å². The number of nitrogens with two attached hydrogens (primary N) is 1. The Labute approximate surface area is 106 Å². The molecule has 0 aromatic carbocycles. The quantitative estimate of drug-likeness (QED) is 0.832. The highest BCUT2D eigenvalue weighted by atomic mass is 35.5. The van der Waals surface area contributed by atoms with Crippen LogP contribution in [0.15, 0.2) is 0 Å². The second kappa shape index (κ2) is 6.45. The summed E-state index contributed by atoms with van der Waals surface area (Å²) in [6, 6.07) is 0. The minimum Gasteiger partial charge on any atom is -0.345 e. The Morgan fingerprint density at radius 2 is 1.62 bits per heavy atom. The molecule has 0 saturated heterocycles. The van der Waals surface area contributed by atoms with E-state index >= 15 is 0 Å². The number of rotatable bonds is 4. The topological polar surface area (TPSA) is 46.3 Å². The van der Waals surface area contributed by atoms with Crippen LogP contribution in [0.25, 0.3) is 0 Å². The van der Waals surface area contributed by atoms with Crippen molar-refractivity contribution in [2.75, 3.05) is 20.1 Å². The van der Waals surface area contributed by atoms with E-state index in [4.69, 9.17) is 5.73 Å². The maximum atomic E-state index is 11.8. The van der Waals surface area contributed by atoms with Gasteiger partial charge in [0.1, 0.15) is 0 Å². The van der Waals surface area contributed by atoms with E-state index in [-0.39, 0.29) is 29.1 Å². The zero-order valence-electron chi connectivity index (χ0n) is 11.5. The SMILES string of the molecule is CN(CC(C)(C)CN)C(=O)CC(C)(C)C.Cl. The Morgan fingerprint density at radius 1 is 1.19 bits per heavy atom. The van der Waals surface area contributed by atoms with Gasteiger partial charge in [-0.2, -0.15) is 0 Å². The van der Waals surface area contributed by atoms with Crippen LogP contribution in [-0.2, 0) is 4.79 Å². The molecular weight excluding hydrogens is 224 g/mol. The Hall–Kier alpha value is -0.280. The van der Waals surface area contributed by atoms with Crippen molar-refractivity contribution in [3.63, 3.8) is 0 Å². The Balaban J connectivity index is 0. The van der Waals surface area contributed by atoms with E-state index in [0.717, 1.165) is 6.54 Å². The van der Waals surface area contributed by atoms with Crippen molar-refractivity contribution in [2.45, 2.75) is 41.0 Å². The molecule has 0 aromatic rings. The molecule has 1 amide bonds. The highest BCUT2D eigenvalue weighted by Gasteiger charge is 2.24. The second-order valence-electron chi connectivity index (χ2n) is 6.36. The summed E-state index contributed by atoms with van der Waals surface area (Å²) in [6.45, 7) is 11.7. The van der Waals surface area contributed by atoms with Crippen LogP contribution in [0.4, 0.5) is 0 Å². The Bertz CT molecular complexity index is 222. The summed E-state index contributed by atoms with van der Waals surface area (Å²) in [5, 5.41) is 0. The lowest BCUT2D eigenvalue weighted by atomic mass is 9.90. The van der Waals surface area contributed by atoms with E-state index in [9.17, 15) is 4.79 Å². The van der Waals surface area contributed by atoms with E-state index in [0.29, 0.717) is 13.0 Å². The summed E-state index contributed by atoms with van der Waals surface area (Å²) >= 11 is 0. The van der Waals surface area contributed by atoms with Gasteiger partial charge in [0.05, 0.1) is 0 Å². The number of carbonyl (C=O) groups is 1. The molecule has 0 aromatic heterocycles. The van der Waals surface area contributed by atoms with Crippen LogP contribution in [0.3, 0.4) is 0 Å². The van der Waals surface area contributed by atoms with Crippen LogP contribution in [-0.4, -0.2) is 30.9 Å². The maximum Gasteiger partial charge on any atom is 0.222 e. The molecular formula is C12H27ClN2O. The number of hydrogen-bond donors (Lipinski definition) is 1. The molecule has 0 fully saturated rings. The molecule has 0 spiro atoms. The predicted octanol–water partition coefficient (Wildman–Crippen LogP) is 2.29. The molecule has 3 nitrogen and oxygen atoms in total. The normalized spacial score (nSPS) is 11.9. The lowest BCUT2D eigenvalue weighted by Crippen LogP contribution is -2.40. The van der Waals surface area contributed by atoms with Crippen molar-refractivity contribution >= 4 is 18.3 Å². The Kier molecular flexibility index (Phi) is 7.30. The molecule has 0 aliphatic carbocycles. The molecule has 0 rings (SSSR count). The fraction of sp³-hybridized carbons (Fsp3) is 0.917. The lowest BCUT2D eigenvalue weighted by molar-refractivity contribution is -0.132. The number of carbonyl (C=O) groups excluding carboxylic acids is 1. The summed E-state index contributed by atoms with van der Waals surface area (Å²) in [7, 11) is 1.85. The van der Waals surface area contributed by atoms with Crippen molar-refractivity contribution in [3.05, 3.63) is 0 Å². The maximum absolute atomic E-state index is 11.8. The van der Waals surface area contributed by atoms with E-state index in [1.165, 1.54) is 0 Å². The second-order valence-corrected chi connectivity index (χ2v) is 6.36. The van der Waals surface area contributed by atoms with Crippen LogP contribution in [0.2, 0.25) is 0 Å². The van der Waals surface area contributed by atoms with Gasteiger partial charge in [-0.3, -0.25) is 4.79 Å². The summed E-state index contributed by atoms with van der Waals surface area (Å²) < 4.78 is 0. The predicted molar refractivity (Wildman–Crippen MR) is 71.8 cm³/mol. The third-order valence-electron chi connectivity index (χ3n) is 2.33. The molecule has 98 valence electrons. The molecule has 0 radical (unpaired) electrons. The van der Waals surface area contributed by atoms with Crippen LogP contribution < -0.4 is 5.73 Å². The van der Waals surface area contributed by atoms with Gasteiger partial charge < -0.3 is 10.6 Å². The first-order valence-corrected chi connectivity index (χ1v) is 5.51. The van der Waals surface area contributed by atoms with Gasteiger partial charge in [0.25, 0.3) is 0 Å². The van der Waals surface area contributed by atoms with E-state index < -0.39 is 0 Å². The van der Waals surface area contributed by atoms with Crippen molar-refractivity contribution < 1.29 is 4.79 Å². The van der Waals surface area contributed by atoms with E-state index in [1.807, 2.05) is 7.05 Å². The fourth-order valence-corrected chi connectivity index (χ4v) is 1.38. The van der Waals surface area contributed by atoms with Crippen molar-refractivity contribution in [1.82, 2.24) is 4.90 Å². The molecule has 0 unspecified atom stereocenters. The summed E-state index contributed by atoms with van der Waals surface area (Å²) in [5.41, 5.74) is 5.70. The van der Waals surface area contributed by atoms with Crippen molar-refractivity contribution in [1.29, 1.82) is 0 Å². The lowest BCUT2D eigenvalue weighted by Gasteiger charge is -2.30. The number of amides is 1. The summed E-state index contributed by atoms with van der Waals surface area (Å²) in [4.78, 5) is 13.6. The molecule has 0 saturated carbocycles. The van der Waals surface area contributed by atoms with Gasteiger partial charge in [-0.1, -0.05) is 34.6 Å². The van der Waals surface area contributed by atoms with Crippen LogP contribution in [0.5, 0.6) is 0 Å². The van der Waals surface area contributed by atoms with E-state index in [2.05, 4.69) is 34.6 Å². The smallest absolute Gasteiger partial charge is 0.222 e. The molecule has 0 aliphatic rings. The summed E-state index contributed by atoms with van der Waals surface area (Å²) in [6.07, 6.45) is 0.587. The van der Waals surface area contributed by atoms with Crippen molar-refractivity contribution in [3.8, 4) is 0 Å². The third kappa shape index (κ3) is 7.94. The van der Waals surface area contributed by atoms with Gasteiger partial charge in [0.2, 0.25) is 5.91 Å². The number of halogens is 1. The average Bonchev–Trinajstić information content (AvgIpc) is 2.00. The number of hydrogen-bond acceptors (Lipinski definition) is 2. The first-order valence-electron chi connectivity index (χ1n) is 5.51. The van der Waals surface area contributed by atoms with Crippen LogP contribution in [0, 0.1) is 10.8 Å². The standard InChI is InChI=1S/C12H26N2O.ClH/c1-11(2,3)7-10(15)14(6)9-12(4,5)8-13;/h7-9,13H2,1-6H3;1H. The van der Waals surface area contributed by atoms with Gasteiger partial charge in [-0.05, 0) is 17.4 Å². The molecule has 16 heavy (non-hydrogen) atoms. The third-order valence-corrected chi connectivity index (χ3v) is 2.33.